The maximum Gasteiger partial charge on any atom is 0.115 e. The highest BCUT2D eigenvalue weighted by Gasteiger charge is 2.41. The van der Waals surface area contributed by atoms with Gasteiger partial charge in [-0.05, 0) is 6.54 Å². The lowest BCUT2D eigenvalue weighted by molar-refractivity contribution is -0.111. The van der Waals surface area contributed by atoms with Crippen LogP contribution in [0.25, 0.3) is 0 Å². The van der Waals surface area contributed by atoms with Gasteiger partial charge in [0.05, 0.1) is 11.6 Å². The quantitative estimate of drug-likeness (QED) is 0.855. The molecule has 1 fully saturated rings. The van der Waals surface area contributed by atoms with Gasteiger partial charge in [-0.3, -0.25) is 0 Å². The maximum atomic E-state index is 5.85. The Hall–Kier alpha value is -1.04. The average Bonchev–Trinajstić information content (AvgIpc) is 2.46. The van der Waals surface area contributed by atoms with Gasteiger partial charge in [0.15, 0.2) is 0 Å². The Morgan fingerprint density at radius 3 is 2.61 bits per heavy atom. The van der Waals surface area contributed by atoms with Gasteiger partial charge in [-0.1, -0.05) is 6.92 Å². The number of nitrogens with one attached hydrogen (secondary N) is 1. The molecule has 18 heavy (non-hydrogen) atoms. The Morgan fingerprint density at radius 1 is 1.39 bits per heavy atom. The number of ether oxygens (including phenoxy) is 2. The van der Waals surface area contributed by atoms with Gasteiger partial charge in [-0.2, -0.15) is 0 Å². The summed E-state index contributed by atoms with van der Waals surface area (Å²) in [5.74, 6) is 0. The molecule has 0 saturated carbocycles. The van der Waals surface area contributed by atoms with E-state index in [9.17, 15) is 0 Å². The summed E-state index contributed by atoms with van der Waals surface area (Å²) < 4.78 is 11.3. The summed E-state index contributed by atoms with van der Waals surface area (Å²) in [6.45, 7) is 4.46. The molecule has 2 rings (SSSR count). The SMILES string of the molecule is CCNC(c1cncnc1)C1(OC)CCOCC1. The molecular weight excluding hydrogens is 230 g/mol. The van der Waals surface area contributed by atoms with Crippen molar-refractivity contribution in [2.45, 2.75) is 31.4 Å². The summed E-state index contributed by atoms with van der Waals surface area (Å²) in [6.07, 6.45) is 7.04. The Morgan fingerprint density at radius 2 is 2.06 bits per heavy atom. The second-order valence-electron chi connectivity index (χ2n) is 4.54. The van der Waals surface area contributed by atoms with E-state index in [2.05, 4.69) is 22.2 Å². The minimum absolute atomic E-state index is 0.109. The zero-order valence-corrected chi connectivity index (χ0v) is 11.1. The van der Waals surface area contributed by atoms with Crippen molar-refractivity contribution in [3.8, 4) is 0 Å². The Kier molecular flexibility index (Phi) is 4.63. The van der Waals surface area contributed by atoms with Gasteiger partial charge in [0, 0.05) is 51.1 Å². The minimum Gasteiger partial charge on any atom is -0.381 e. The van der Waals surface area contributed by atoms with Gasteiger partial charge in [-0.15, -0.1) is 0 Å². The van der Waals surface area contributed by atoms with E-state index in [1.54, 1.807) is 13.4 Å². The van der Waals surface area contributed by atoms with Crippen LogP contribution in [0.4, 0.5) is 0 Å². The lowest BCUT2D eigenvalue weighted by Crippen LogP contribution is -2.49. The summed E-state index contributed by atoms with van der Waals surface area (Å²) in [5, 5.41) is 3.50. The van der Waals surface area contributed by atoms with Crippen LogP contribution < -0.4 is 5.32 Å². The van der Waals surface area contributed by atoms with Crippen LogP contribution in [0, 0.1) is 0 Å². The van der Waals surface area contributed by atoms with Gasteiger partial charge < -0.3 is 14.8 Å². The normalized spacial score (nSPS) is 20.6. The first-order valence-corrected chi connectivity index (χ1v) is 6.43. The number of likely N-dealkylation sites (N-methyl/N-ethyl adjacent to an activating group) is 1. The number of hydrogen-bond acceptors (Lipinski definition) is 5. The third-order valence-electron chi connectivity index (χ3n) is 3.59. The molecule has 1 atom stereocenters. The van der Waals surface area contributed by atoms with Crippen molar-refractivity contribution >= 4 is 0 Å². The van der Waals surface area contributed by atoms with Gasteiger partial charge in [-0.25, -0.2) is 9.97 Å². The van der Waals surface area contributed by atoms with Crippen LogP contribution >= 0.6 is 0 Å². The summed E-state index contributed by atoms with van der Waals surface area (Å²) >= 11 is 0. The number of aromatic nitrogens is 2. The molecule has 0 spiro atoms. The molecule has 5 heteroatoms. The van der Waals surface area contributed by atoms with Crippen molar-refractivity contribution in [2.24, 2.45) is 0 Å². The molecule has 2 heterocycles. The van der Waals surface area contributed by atoms with Crippen molar-refractivity contribution in [3.63, 3.8) is 0 Å². The zero-order valence-electron chi connectivity index (χ0n) is 11.1. The predicted octanol–water partition coefficient (Wildman–Crippen LogP) is 1.32. The summed E-state index contributed by atoms with van der Waals surface area (Å²) in [6, 6.07) is 0.109. The smallest absolute Gasteiger partial charge is 0.115 e. The second-order valence-corrected chi connectivity index (χ2v) is 4.54. The van der Waals surface area contributed by atoms with E-state index >= 15 is 0 Å². The van der Waals surface area contributed by atoms with E-state index in [1.807, 2.05) is 12.4 Å². The highest BCUT2D eigenvalue weighted by atomic mass is 16.5. The van der Waals surface area contributed by atoms with Gasteiger partial charge in [0.1, 0.15) is 6.33 Å². The van der Waals surface area contributed by atoms with Gasteiger partial charge >= 0.3 is 0 Å². The first-order chi connectivity index (χ1) is 8.82. The third kappa shape index (κ3) is 2.68. The van der Waals surface area contributed by atoms with E-state index in [1.165, 1.54) is 0 Å². The van der Waals surface area contributed by atoms with Crippen LogP contribution in [0.3, 0.4) is 0 Å². The molecule has 0 bridgehead atoms. The average molecular weight is 251 g/mol. The van der Waals surface area contributed by atoms with Crippen molar-refractivity contribution in [2.75, 3.05) is 26.9 Å². The molecule has 1 unspecified atom stereocenters. The second kappa shape index (κ2) is 6.22. The molecule has 100 valence electrons. The molecular formula is C13H21N3O2. The van der Waals surface area contributed by atoms with E-state index in [0.717, 1.165) is 38.2 Å². The molecule has 0 amide bonds. The molecule has 5 nitrogen and oxygen atoms in total. The number of hydrogen-bond donors (Lipinski definition) is 1. The Labute approximate surface area is 108 Å². The van der Waals surface area contributed by atoms with Gasteiger partial charge in [0.2, 0.25) is 0 Å². The van der Waals surface area contributed by atoms with Crippen LogP contribution in [-0.4, -0.2) is 42.4 Å². The number of methoxy groups -OCH3 is 1. The molecule has 1 aliphatic heterocycles. The largest absolute Gasteiger partial charge is 0.381 e. The predicted molar refractivity (Wildman–Crippen MR) is 68.2 cm³/mol. The van der Waals surface area contributed by atoms with Crippen LogP contribution in [0.1, 0.15) is 31.4 Å². The first kappa shape index (κ1) is 13.4. The van der Waals surface area contributed by atoms with Crippen molar-refractivity contribution in [3.05, 3.63) is 24.3 Å². The fourth-order valence-electron chi connectivity index (χ4n) is 2.60. The monoisotopic (exact) mass is 251 g/mol. The highest BCUT2D eigenvalue weighted by Crippen LogP contribution is 2.36. The minimum atomic E-state index is -0.223. The van der Waals surface area contributed by atoms with Crippen LogP contribution in [-0.2, 0) is 9.47 Å². The molecule has 0 aliphatic carbocycles. The molecule has 1 saturated heterocycles. The fraction of sp³-hybridized carbons (Fsp3) is 0.692. The molecule has 1 aliphatic rings. The summed E-state index contributed by atoms with van der Waals surface area (Å²) in [5.41, 5.74) is 0.849. The maximum absolute atomic E-state index is 5.85. The lowest BCUT2D eigenvalue weighted by Gasteiger charge is -2.42. The van der Waals surface area contributed by atoms with E-state index in [-0.39, 0.29) is 11.6 Å². The van der Waals surface area contributed by atoms with Crippen LogP contribution in [0.2, 0.25) is 0 Å². The van der Waals surface area contributed by atoms with Crippen molar-refractivity contribution in [1.82, 2.24) is 15.3 Å². The Bertz CT molecular complexity index is 353. The van der Waals surface area contributed by atoms with Crippen LogP contribution in [0.15, 0.2) is 18.7 Å². The third-order valence-corrected chi connectivity index (χ3v) is 3.59. The van der Waals surface area contributed by atoms with E-state index < -0.39 is 0 Å². The number of nitrogens with zero attached hydrogens (tertiary/aromatic N) is 2. The van der Waals surface area contributed by atoms with E-state index in [0.29, 0.717) is 0 Å². The number of rotatable bonds is 5. The Balaban J connectivity index is 2.27. The molecule has 0 radical (unpaired) electrons. The standard InChI is InChI=1S/C13H21N3O2/c1-3-16-12(11-8-14-10-15-9-11)13(17-2)4-6-18-7-5-13/h8-10,12,16H,3-7H2,1-2H3. The molecule has 0 aromatic carbocycles. The fourth-order valence-corrected chi connectivity index (χ4v) is 2.60. The summed E-state index contributed by atoms with van der Waals surface area (Å²) in [4.78, 5) is 8.22. The van der Waals surface area contributed by atoms with Crippen molar-refractivity contribution < 1.29 is 9.47 Å². The van der Waals surface area contributed by atoms with Gasteiger partial charge in [0.25, 0.3) is 0 Å². The van der Waals surface area contributed by atoms with Crippen LogP contribution in [0.5, 0.6) is 0 Å². The molecule has 1 N–H and O–H groups in total. The summed E-state index contributed by atoms with van der Waals surface area (Å²) in [7, 11) is 1.78. The topological polar surface area (TPSA) is 56.3 Å². The molecule has 1 aromatic heterocycles. The lowest BCUT2D eigenvalue weighted by atomic mass is 9.83. The first-order valence-electron chi connectivity index (χ1n) is 6.43. The highest BCUT2D eigenvalue weighted by molar-refractivity contribution is 5.16. The van der Waals surface area contributed by atoms with E-state index in [4.69, 9.17) is 9.47 Å². The zero-order chi connectivity index (χ0) is 12.8. The van der Waals surface area contributed by atoms with Crippen molar-refractivity contribution in [1.29, 1.82) is 0 Å². The molecule has 1 aromatic rings.